The van der Waals surface area contributed by atoms with Crippen molar-refractivity contribution in [3.8, 4) is 0 Å². The van der Waals surface area contributed by atoms with Crippen molar-refractivity contribution in [2.75, 3.05) is 33.3 Å². The van der Waals surface area contributed by atoms with Crippen LogP contribution in [0.3, 0.4) is 0 Å². The Morgan fingerprint density at radius 3 is 2.57 bits per heavy atom. The number of hydrogen-bond acceptors (Lipinski definition) is 2. The van der Waals surface area contributed by atoms with E-state index in [1.807, 2.05) is 37.4 Å². The first-order chi connectivity index (χ1) is 14.2. The lowest BCUT2D eigenvalue weighted by Crippen LogP contribution is -2.43. The summed E-state index contributed by atoms with van der Waals surface area (Å²) in [5.41, 5.74) is 2.56. The molecule has 1 aliphatic heterocycles. The third kappa shape index (κ3) is 5.72. The zero-order chi connectivity index (χ0) is 20.1. The van der Waals surface area contributed by atoms with Gasteiger partial charge in [0.1, 0.15) is 5.82 Å². The molecule has 1 unspecified atom stereocenters. The number of guanidine groups is 1. The minimum atomic E-state index is -0.175. The van der Waals surface area contributed by atoms with Crippen LogP contribution in [0.25, 0.3) is 0 Å². The Morgan fingerprint density at radius 2 is 1.90 bits per heavy atom. The molecule has 2 aromatic rings. The molecule has 1 N–H and O–H groups in total. The van der Waals surface area contributed by atoms with Crippen molar-refractivity contribution in [1.82, 2.24) is 10.2 Å². The standard InChI is InChI=1S/C24H30FN3O.HI/c1-26-23(27-18-24(12-13-24)21-7-9-22(25)10-8-21)28-14-11-20(15-28)17-29-16-19-5-3-2-4-6-19;/h2-10,20H,11-18H2,1H3,(H,26,27);1H. The molecule has 0 spiro atoms. The molecule has 6 heteroatoms. The second kappa shape index (κ2) is 10.6. The maximum absolute atomic E-state index is 13.2. The van der Waals surface area contributed by atoms with Crippen molar-refractivity contribution in [3.05, 3.63) is 71.5 Å². The summed E-state index contributed by atoms with van der Waals surface area (Å²) in [6.45, 7) is 4.27. The van der Waals surface area contributed by atoms with Gasteiger partial charge < -0.3 is 15.0 Å². The molecular formula is C24H31FIN3O. The molecule has 0 amide bonds. The van der Waals surface area contributed by atoms with Crippen molar-refractivity contribution in [3.63, 3.8) is 0 Å². The topological polar surface area (TPSA) is 36.9 Å². The zero-order valence-electron chi connectivity index (χ0n) is 17.5. The number of halogens is 2. The summed E-state index contributed by atoms with van der Waals surface area (Å²) in [6.07, 6.45) is 3.40. The predicted octanol–water partition coefficient (Wildman–Crippen LogP) is 4.59. The van der Waals surface area contributed by atoms with Crippen molar-refractivity contribution >= 4 is 29.9 Å². The molecule has 2 aromatic carbocycles. The Balaban J connectivity index is 0.00000256. The van der Waals surface area contributed by atoms with Crippen LogP contribution in [0.1, 0.15) is 30.4 Å². The minimum absolute atomic E-state index is 0. The summed E-state index contributed by atoms with van der Waals surface area (Å²) in [5, 5.41) is 3.57. The summed E-state index contributed by atoms with van der Waals surface area (Å²) < 4.78 is 19.2. The summed E-state index contributed by atoms with van der Waals surface area (Å²) in [7, 11) is 1.85. The Hall–Kier alpha value is -1.67. The molecule has 2 fully saturated rings. The first-order valence-corrected chi connectivity index (χ1v) is 10.5. The third-order valence-electron chi connectivity index (χ3n) is 6.16. The lowest BCUT2D eigenvalue weighted by molar-refractivity contribution is 0.0906. The average Bonchev–Trinajstić information content (AvgIpc) is 3.40. The van der Waals surface area contributed by atoms with Gasteiger partial charge in [-0.15, -0.1) is 24.0 Å². The van der Waals surface area contributed by atoms with E-state index in [4.69, 9.17) is 4.74 Å². The molecule has 0 aromatic heterocycles. The van der Waals surface area contributed by atoms with Gasteiger partial charge in [-0.2, -0.15) is 0 Å². The molecule has 1 saturated carbocycles. The van der Waals surface area contributed by atoms with Crippen molar-refractivity contribution in [1.29, 1.82) is 0 Å². The Kier molecular flexibility index (Phi) is 8.11. The maximum atomic E-state index is 13.2. The Morgan fingerprint density at radius 1 is 1.17 bits per heavy atom. The number of rotatable bonds is 7. The van der Waals surface area contributed by atoms with Gasteiger partial charge in [0, 0.05) is 38.0 Å². The molecule has 0 radical (unpaired) electrons. The maximum Gasteiger partial charge on any atom is 0.193 e. The second-order valence-corrected chi connectivity index (χ2v) is 8.29. The van der Waals surface area contributed by atoms with E-state index < -0.39 is 0 Å². The van der Waals surface area contributed by atoms with E-state index in [1.165, 1.54) is 11.1 Å². The lowest BCUT2D eigenvalue weighted by Gasteiger charge is -2.24. The fourth-order valence-corrected chi connectivity index (χ4v) is 4.18. The SMILES string of the molecule is CN=C(NCC1(c2ccc(F)cc2)CC1)N1CCC(COCc2ccccc2)C1.I. The molecule has 1 atom stereocenters. The first kappa shape index (κ1) is 23.0. The van der Waals surface area contributed by atoms with Gasteiger partial charge in [-0.05, 0) is 42.5 Å². The van der Waals surface area contributed by atoms with E-state index in [-0.39, 0.29) is 35.2 Å². The number of benzene rings is 2. The van der Waals surface area contributed by atoms with E-state index >= 15 is 0 Å². The van der Waals surface area contributed by atoms with Crippen LogP contribution < -0.4 is 5.32 Å². The van der Waals surface area contributed by atoms with Crippen LogP contribution in [0.2, 0.25) is 0 Å². The average molecular weight is 523 g/mol. The predicted molar refractivity (Wildman–Crippen MR) is 130 cm³/mol. The number of ether oxygens (including phenoxy) is 1. The van der Waals surface area contributed by atoms with Crippen LogP contribution in [0.5, 0.6) is 0 Å². The number of likely N-dealkylation sites (tertiary alicyclic amines) is 1. The summed E-state index contributed by atoms with van der Waals surface area (Å²) >= 11 is 0. The zero-order valence-corrected chi connectivity index (χ0v) is 19.8. The molecule has 4 nitrogen and oxygen atoms in total. The van der Waals surface area contributed by atoms with Gasteiger partial charge in [-0.1, -0.05) is 42.5 Å². The van der Waals surface area contributed by atoms with Crippen molar-refractivity contribution in [2.45, 2.75) is 31.3 Å². The van der Waals surface area contributed by atoms with Gasteiger partial charge >= 0.3 is 0 Å². The highest BCUT2D eigenvalue weighted by Crippen LogP contribution is 2.47. The summed E-state index contributed by atoms with van der Waals surface area (Å²) in [5.74, 6) is 1.32. The molecule has 4 rings (SSSR count). The molecule has 30 heavy (non-hydrogen) atoms. The van der Waals surface area contributed by atoms with Crippen LogP contribution in [-0.2, 0) is 16.8 Å². The minimum Gasteiger partial charge on any atom is -0.376 e. The largest absolute Gasteiger partial charge is 0.376 e. The molecule has 1 aliphatic carbocycles. The van der Waals surface area contributed by atoms with Crippen LogP contribution in [-0.4, -0.2) is 44.1 Å². The Labute approximate surface area is 195 Å². The van der Waals surface area contributed by atoms with E-state index in [9.17, 15) is 4.39 Å². The third-order valence-corrected chi connectivity index (χ3v) is 6.16. The van der Waals surface area contributed by atoms with Gasteiger partial charge in [0.2, 0.25) is 0 Å². The lowest BCUT2D eigenvalue weighted by atomic mass is 9.96. The normalized spacial score (nSPS) is 20.0. The highest BCUT2D eigenvalue weighted by molar-refractivity contribution is 14.0. The number of hydrogen-bond donors (Lipinski definition) is 1. The fourth-order valence-electron chi connectivity index (χ4n) is 4.18. The smallest absolute Gasteiger partial charge is 0.193 e. The van der Waals surface area contributed by atoms with E-state index in [0.717, 1.165) is 51.5 Å². The highest BCUT2D eigenvalue weighted by Gasteiger charge is 2.44. The number of aliphatic imine (C=N–C) groups is 1. The monoisotopic (exact) mass is 523 g/mol. The van der Waals surface area contributed by atoms with Gasteiger partial charge in [-0.25, -0.2) is 4.39 Å². The first-order valence-electron chi connectivity index (χ1n) is 10.5. The van der Waals surface area contributed by atoms with Crippen LogP contribution in [0.4, 0.5) is 4.39 Å². The van der Waals surface area contributed by atoms with Crippen molar-refractivity contribution in [2.24, 2.45) is 10.9 Å². The molecule has 0 bridgehead atoms. The van der Waals surface area contributed by atoms with Crippen LogP contribution in [0.15, 0.2) is 59.6 Å². The fraction of sp³-hybridized carbons (Fsp3) is 0.458. The van der Waals surface area contributed by atoms with Gasteiger partial charge in [0.05, 0.1) is 13.2 Å². The van der Waals surface area contributed by atoms with Gasteiger partial charge in [-0.3, -0.25) is 4.99 Å². The van der Waals surface area contributed by atoms with Crippen LogP contribution in [0, 0.1) is 11.7 Å². The molecule has 1 saturated heterocycles. The molecule has 162 valence electrons. The van der Waals surface area contributed by atoms with Gasteiger partial charge in [0.25, 0.3) is 0 Å². The summed E-state index contributed by atoms with van der Waals surface area (Å²) in [6, 6.07) is 17.3. The Bertz CT molecular complexity index is 824. The number of nitrogens with one attached hydrogen (secondary N) is 1. The molecule has 1 heterocycles. The van der Waals surface area contributed by atoms with E-state index in [0.29, 0.717) is 12.5 Å². The second-order valence-electron chi connectivity index (χ2n) is 8.29. The summed E-state index contributed by atoms with van der Waals surface area (Å²) in [4.78, 5) is 6.83. The molecular weight excluding hydrogens is 492 g/mol. The highest BCUT2D eigenvalue weighted by atomic mass is 127. The van der Waals surface area contributed by atoms with E-state index in [2.05, 4.69) is 27.3 Å². The molecule has 2 aliphatic rings. The van der Waals surface area contributed by atoms with Crippen molar-refractivity contribution < 1.29 is 9.13 Å². The number of nitrogens with zero attached hydrogens (tertiary/aromatic N) is 2. The van der Waals surface area contributed by atoms with Gasteiger partial charge in [0.15, 0.2) is 5.96 Å². The van der Waals surface area contributed by atoms with Crippen LogP contribution >= 0.6 is 24.0 Å². The quantitative estimate of drug-likeness (QED) is 0.328. The van der Waals surface area contributed by atoms with E-state index in [1.54, 1.807) is 12.1 Å².